The van der Waals surface area contributed by atoms with Gasteiger partial charge in [0, 0.05) is 36.6 Å². The van der Waals surface area contributed by atoms with Crippen molar-refractivity contribution in [2.45, 2.75) is 26.2 Å². The zero-order valence-corrected chi connectivity index (χ0v) is 21.2. The molecule has 0 aliphatic carbocycles. The summed E-state index contributed by atoms with van der Waals surface area (Å²) in [5, 5.41) is 6.63. The van der Waals surface area contributed by atoms with Gasteiger partial charge in [-0.2, -0.15) is 0 Å². The normalized spacial score (nSPS) is 14.0. The number of piperidine rings is 1. The number of rotatable bonds is 7. The van der Waals surface area contributed by atoms with Crippen LogP contribution in [0.2, 0.25) is 10.0 Å². The van der Waals surface area contributed by atoms with Crippen molar-refractivity contribution in [3.63, 3.8) is 0 Å². The van der Waals surface area contributed by atoms with Gasteiger partial charge in [0.25, 0.3) is 11.8 Å². The second-order valence-electron chi connectivity index (χ2n) is 8.98. The van der Waals surface area contributed by atoms with Crippen LogP contribution in [-0.4, -0.2) is 31.4 Å². The number of nitrogens with zero attached hydrogens (tertiary/aromatic N) is 1. The van der Waals surface area contributed by atoms with E-state index in [-0.39, 0.29) is 11.8 Å². The minimum Gasteiger partial charge on any atom is -0.371 e. The van der Waals surface area contributed by atoms with Crippen molar-refractivity contribution in [3.05, 3.63) is 93.5 Å². The van der Waals surface area contributed by atoms with E-state index in [0.29, 0.717) is 39.3 Å². The zero-order valence-electron chi connectivity index (χ0n) is 19.7. The number of carbonyl (C=O) groups is 2. The van der Waals surface area contributed by atoms with Crippen LogP contribution >= 0.6 is 23.2 Å². The first-order chi connectivity index (χ1) is 16.9. The molecule has 1 heterocycles. The van der Waals surface area contributed by atoms with Crippen LogP contribution in [0.25, 0.3) is 0 Å². The lowest BCUT2D eigenvalue weighted by Gasteiger charge is -2.33. The molecule has 1 fully saturated rings. The van der Waals surface area contributed by atoms with Crippen LogP contribution in [0.5, 0.6) is 0 Å². The van der Waals surface area contributed by atoms with Gasteiger partial charge in [0.05, 0.1) is 15.6 Å². The van der Waals surface area contributed by atoms with E-state index in [9.17, 15) is 9.59 Å². The van der Waals surface area contributed by atoms with Gasteiger partial charge in [-0.1, -0.05) is 60.5 Å². The van der Waals surface area contributed by atoms with Crippen LogP contribution in [0.15, 0.2) is 66.7 Å². The van der Waals surface area contributed by atoms with Gasteiger partial charge < -0.3 is 15.5 Å². The number of benzene rings is 3. The molecule has 3 aromatic carbocycles. The van der Waals surface area contributed by atoms with Crippen molar-refractivity contribution >= 4 is 46.4 Å². The predicted octanol–water partition coefficient (Wildman–Crippen LogP) is 6.45. The fraction of sp³-hybridized carbons (Fsp3) is 0.286. The van der Waals surface area contributed by atoms with Gasteiger partial charge in [-0.05, 0) is 67.1 Å². The van der Waals surface area contributed by atoms with Gasteiger partial charge in [0.1, 0.15) is 0 Å². The second kappa shape index (κ2) is 11.6. The number of hydrogen-bond acceptors (Lipinski definition) is 3. The maximum absolute atomic E-state index is 13.3. The Labute approximate surface area is 216 Å². The minimum atomic E-state index is -0.321. The molecule has 7 heteroatoms. The molecule has 3 aromatic rings. The molecule has 0 radical (unpaired) electrons. The summed E-state index contributed by atoms with van der Waals surface area (Å²) in [5.41, 5.74) is 3.55. The van der Waals surface area contributed by atoms with Gasteiger partial charge in [0.2, 0.25) is 0 Å². The zero-order chi connectivity index (χ0) is 24.8. The quantitative estimate of drug-likeness (QED) is 0.384. The van der Waals surface area contributed by atoms with Crippen molar-refractivity contribution in [2.75, 3.05) is 29.9 Å². The third-order valence-electron chi connectivity index (χ3n) is 6.35. The lowest BCUT2D eigenvalue weighted by molar-refractivity contribution is 0.0953. The Bertz CT molecular complexity index is 1190. The topological polar surface area (TPSA) is 61.4 Å². The van der Waals surface area contributed by atoms with Crippen LogP contribution in [0.4, 0.5) is 11.4 Å². The smallest absolute Gasteiger partial charge is 0.255 e. The van der Waals surface area contributed by atoms with Gasteiger partial charge in [-0.3, -0.25) is 9.59 Å². The molecule has 0 saturated carbocycles. The molecule has 182 valence electrons. The highest BCUT2D eigenvalue weighted by atomic mass is 35.5. The number of nitrogens with one attached hydrogen (secondary N) is 2. The molecule has 2 amide bonds. The monoisotopic (exact) mass is 509 g/mol. The van der Waals surface area contributed by atoms with E-state index in [2.05, 4.69) is 22.5 Å². The van der Waals surface area contributed by atoms with Gasteiger partial charge in [-0.25, -0.2) is 0 Å². The third-order valence-corrected chi connectivity index (χ3v) is 7.09. The lowest BCUT2D eigenvalue weighted by Crippen LogP contribution is -2.35. The van der Waals surface area contributed by atoms with E-state index in [1.807, 2.05) is 42.5 Å². The van der Waals surface area contributed by atoms with E-state index in [4.69, 9.17) is 23.2 Å². The summed E-state index contributed by atoms with van der Waals surface area (Å²) in [4.78, 5) is 28.3. The van der Waals surface area contributed by atoms with E-state index in [1.165, 1.54) is 11.6 Å². The molecule has 0 spiro atoms. The van der Waals surface area contributed by atoms with Gasteiger partial charge >= 0.3 is 0 Å². The van der Waals surface area contributed by atoms with Crippen LogP contribution in [0.1, 0.15) is 46.0 Å². The van der Waals surface area contributed by atoms with Crippen LogP contribution in [-0.2, 0) is 6.42 Å². The van der Waals surface area contributed by atoms with Gasteiger partial charge in [-0.15, -0.1) is 0 Å². The molecule has 5 nitrogen and oxygen atoms in total. The van der Waals surface area contributed by atoms with Crippen molar-refractivity contribution in [1.29, 1.82) is 0 Å². The maximum Gasteiger partial charge on any atom is 0.255 e. The molecule has 4 rings (SSSR count). The number of halogens is 2. The molecular weight excluding hydrogens is 481 g/mol. The molecule has 1 saturated heterocycles. The molecular formula is C28H29Cl2N3O2. The molecule has 0 atom stereocenters. The Morgan fingerprint density at radius 1 is 0.914 bits per heavy atom. The molecule has 0 aromatic heterocycles. The molecule has 35 heavy (non-hydrogen) atoms. The number of hydrogen-bond donors (Lipinski definition) is 2. The largest absolute Gasteiger partial charge is 0.371 e. The first-order valence-corrected chi connectivity index (χ1v) is 12.6. The average molecular weight is 510 g/mol. The van der Waals surface area contributed by atoms with E-state index >= 15 is 0 Å². The molecule has 2 N–H and O–H groups in total. The highest BCUT2D eigenvalue weighted by Crippen LogP contribution is 2.29. The molecule has 1 aliphatic rings. The highest BCUT2D eigenvalue weighted by Gasteiger charge is 2.22. The van der Waals surface area contributed by atoms with E-state index in [1.54, 1.807) is 18.2 Å². The van der Waals surface area contributed by atoms with E-state index in [0.717, 1.165) is 38.0 Å². The van der Waals surface area contributed by atoms with Crippen molar-refractivity contribution in [2.24, 2.45) is 5.92 Å². The Kier molecular flexibility index (Phi) is 8.32. The van der Waals surface area contributed by atoms with Crippen molar-refractivity contribution < 1.29 is 9.59 Å². The van der Waals surface area contributed by atoms with Gasteiger partial charge in [0.15, 0.2) is 0 Å². The summed E-state index contributed by atoms with van der Waals surface area (Å²) in [6.45, 7) is 4.59. The lowest BCUT2D eigenvalue weighted by atomic mass is 9.97. The van der Waals surface area contributed by atoms with Crippen LogP contribution < -0.4 is 15.5 Å². The average Bonchev–Trinajstić information content (AvgIpc) is 2.87. The Morgan fingerprint density at radius 2 is 1.66 bits per heavy atom. The van der Waals surface area contributed by atoms with Crippen LogP contribution in [0.3, 0.4) is 0 Å². The number of amides is 2. The maximum atomic E-state index is 13.3. The summed E-state index contributed by atoms with van der Waals surface area (Å²) < 4.78 is 0. The third kappa shape index (κ3) is 6.56. The van der Waals surface area contributed by atoms with Crippen molar-refractivity contribution in [1.82, 2.24) is 5.32 Å². The minimum absolute atomic E-state index is 0.153. The first kappa shape index (κ1) is 25.1. The summed E-state index contributed by atoms with van der Waals surface area (Å²) in [7, 11) is 0. The molecule has 0 bridgehead atoms. The fourth-order valence-corrected chi connectivity index (χ4v) is 4.52. The summed E-state index contributed by atoms with van der Waals surface area (Å²) in [6.07, 6.45) is 2.92. The molecule has 1 aliphatic heterocycles. The fourth-order valence-electron chi connectivity index (χ4n) is 4.22. The van der Waals surface area contributed by atoms with E-state index < -0.39 is 0 Å². The Hall–Kier alpha value is -3.02. The van der Waals surface area contributed by atoms with Crippen molar-refractivity contribution in [3.8, 4) is 0 Å². The summed E-state index contributed by atoms with van der Waals surface area (Å²) >= 11 is 12.0. The van der Waals surface area contributed by atoms with Crippen LogP contribution in [0, 0.1) is 5.92 Å². The first-order valence-electron chi connectivity index (χ1n) is 11.9. The highest BCUT2D eigenvalue weighted by molar-refractivity contribution is 6.42. The second-order valence-corrected chi connectivity index (χ2v) is 9.79. The Morgan fingerprint density at radius 3 is 2.37 bits per heavy atom. The number of anilines is 2. The standard InChI is InChI=1S/C28H29Cl2N3O2/c1-19-12-15-33(16-13-19)26-10-8-22(32-27(34)21-7-9-24(29)25(30)17-21)18-23(26)28(35)31-14-11-20-5-3-2-4-6-20/h2-10,17-19H,11-16H2,1H3,(H,31,35)(H,32,34). The summed E-state index contributed by atoms with van der Waals surface area (Å²) in [5.74, 6) is 0.206. The summed E-state index contributed by atoms with van der Waals surface area (Å²) in [6, 6.07) is 20.3. The Balaban J connectivity index is 1.53. The predicted molar refractivity (Wildman–Crippen MR) is 144 cm³/mol. The number of carbonyl (C=O) groups excluding carboxylic acids is 2. The molecule has 0 unspecified atom stereocenters. The SMILES string of the molecule is CC1CCN(c2ccc(NC(=O)c3ccc(Cl)c(Cl)c3)cc2C(=O)NCCc2ccccc2)CC1.